The van der Waals surface area contributed by atoms with Crippen molar-refractivity contribution in [2.24, 2.45) is 0 Å². The van der Waals surface area contributed by atoms with Gasteiger partial charge < -0.3 is 10.2 Å². The number of hydrogen-bond acceptors (Lipinski definition) is 3. The summed E-state index contributed by atoms with van der Waals surface area (Å²) >= 11 is 1.40. The van der Waals surface area contributed by atoms with E-state index in [4.69, 9.17) is 10.2 Å². The van der Waals surface area contributed by atoms with E-state index < -0.39 is 0 Å². The van der Waals surface area contributed by atoms with E-state index in [2.05, 4.69) is 0 Å². The number of hydrogen-bond donors (Lipinski definition) is 2. The topological polar surface area (TPSA) is 40.5 Å². The van der Waals surface area contributed by atoms with E-state index in [0.717, 1.165) is 9.75 Å². The number of thiophene rings is 1. The van der Waals surface area contributed by atoms with Crippen LogP contribution >= 0.6 is 11.3 Å². The molecule has 1 heterocycles. The van der Waals surface area contributed by atoms with E-state index >= 15 is 0 Å². The Balaban J connectivity index is 0.000000810. The standard InChI is InChI=1S/C6H8O2S.Y/c1-3-5(7)6(8)4(2)9-3;/h7-8H,1-2H3;. The van der Waals surface area contributed by atoms with Gasteiger partial charge in [0.15, 0.2) is 11.5 Å². The molecule has 0 saturated heterocycles. The van der Waals surface area contributed by atoms with Crippen LogP contribution in [0.3, 0.4) is 0 Å². The van der Waals surface area contributed by atoms with Crippen LogP contribution in [0.15, 0.2) is 0 Å². The van der Waals surface area contributed by atoms with Gasteiger partial charge in [-0.1, -0.05) is 0 Å². The SMILES string of the molecule is Cc1sc(C)c(O)c1O.[Y]. The first-order valence-corrected chi connectivity index (χ1v) is 3.42. The molecule has 0 atom stereocenters. The van der Waals surface area contributed by atoms with Crippen LogP contribution in [0, 0.1) is 13.8 Å². The second kappa shape index (κ2) is 3.70. The molecule has 0 aromatic carbocycles. The van der Waals surface area contributed by atoms with Crippen LogP contribution in [-0.2, 0) is 32.7 Å². The normalized spacial score (nSPS) is 9.00. The molecule has 1 radical (unpaired) electrons. The number of aromatic hydroxyl groups is 2. The number of aryl methyl sites for hydroxylation is 2. The fraction of sp³-hybridized carbons (Fsp3) is 0.333. The van der Waals surface area contributed by atoms with Crippen LogP contribution in [0.2, 0.25) is 0 Å². The molecule has 0 unspecified atom stereocenters. The Kier molecular flexibility index (Phi) is 3.85. The minimum Gasteiger partial charge on any atom is -0.503 e. The van der Waals surface area contributed by atoms with Gasteiger partial charge in [0.1, 0.15) is 0 Å². The molecule has 53 valence electrons. The van der Waals surface area contributed by atoms with Gasteiger partial charge in [-0.15, -0.1) is 11.3 Å². The van der Waals surface area contributed by atoms with Gasteiger partial charge in [0, 0.05) is 42.5 Å². The summed E-state index contributed by atoms with van der Waals surface area (Å²) in [6.07, 6.45) is 0. The van der Waals surface area contributed by atoms with Gasteiger partial charge in [0.05, 0.1) is 0 Å². The van der Waals surface area contributed by atoms with Crippen molar-refractivity contribution < 1.29 is 42.9 Å². The van der Waals surface area contributed by atoms with Crippen molar-refractivity contribution in [2.75, 3.05) is 0 Å². The summed E-state index contributed by atoms with van der Waals surface area (Å²) in [5.41, 5.74) is 0. The Hall–Kier alpha value is 0.404. The fourth-order valence-electron chi connectivity index (χ4n) is 0.660. The zero-order valence-corrected chi connectivity index (χ0v) is 9.53. The van der Waals surface area contributed by atoms with E-state index in [0.29, 0.717) is 0 Å². The Labute approximate surface area is 88.8 Å². The second-order valence-electron chi connectivity index (χ2n) is 1.91. The summed E-state index contributed by atoms with van der Waals surface area (Å²) in [7, 11) is 0. The summed E-state index contributed by atoms with van der Waals surface area (Å²) < 4.78 is 0. The van der Waals surface area contributed by atoms with Crippen molar-refractivity contribution in [3.63, 3.8) is 0 Å². The molecule has 2 nitrogen and oxygen atoms in total. The molecule has 4 heteroatoms. The van der Waals surface area contributed by atoms with Crippen molar-refractivity contribution in [3.8, 4) is 11.5 Å². The Morgan fingerprint density at radius 3 is 1.40 bits per heavy atom. The first-order chi connectivity index (χ1) is 4.13. The first kappa shape index (κ1) is 10.4. The Morgan fingerprint density at radius 2 is 1.30 bits per heavy atom. The van der Waals surface area contributed by atoms with E-state index in [-0.39, 0.29) is 44.2 Å². The monoisotopic (exact) mass is 233 g/mol. The van der Waals surface area contributed by atoms with Gasteiger partial charge in [-0.2, -0.15) is 0 Å². The molecular weight excluding hydrogens is 225 g/mol. The Morgan fingerprint density at radius 1 is 1.00 bits per heavy atom. The van der Waals surface area contributed by atoms with Crippen LogP contribution in [0.1, 0.15) is 9.75 Å². The Bertz CT molecular complexity index is 209. The molecule has 0 saturated carbocycles. The second-order valence-corrected chi connectivity index (χ2v) is 3.34. The van der Waals surface area contributed by atoms with Crippen LogP contribution in [0.4, 0.5) is 0 Å². The third kappa shape index (κ3) is 1.71. The van der Waals surface area contributed by atoms with Crippen LogP contribution < -0.4 is 0 Å². The van der Waals surface area contributed by atoms with E-state index in [1.54, 1.807) is 13.8 Å². The summed E-state index contributed by atoms with van der Waals surface area (Å²) in [6, 6.07) is 0. The summed E-state index contributed by atoms with van der Waals surface area (Å²) in [4.78, 5) is 1.54. The zero-order chi connectivity index (χ0) is 7.02. The zero-order valence-electron chi connectivity index (χ0n) is 5.88. The predicted octanol–water partition coefficient (Wildman–Crippen LogP) is 1.77. The van der Waals surface area contributed by atoms with Gasteiger partial charge in [-0.05, 0) is 13.8 Å². The number of rotatable bonds is 0. The molecule has 0 aliphatic rings. The first-order valence-electron chi connectivity index (χ1n) is 2.61. The van der Waals surface area contributed by atoms with Crippen LogP contribution in [0.25, 0.3) is 0 Å². The maximum absolute atomic E-state index is 8.99. The summed E-state index contributed by atoms with van der Waals surface area (Å²) in [6.45, 7) is 3.54. The summed E-state index contributed by atoms with van der Waals surface area (Å²) in [5, 5.41) is 18.0. The quantitative estimate of drug-likeness (QED) is 0.716. The molecule has 1 rings (SSSR count). The maximum Gasteiger partial charge on any atom is 0.171 e. The minimum absolute atomic E-state index is 0. The molecule has 0 amide bonds. The van der Waals surface area contributed by atoms with Crippen molar-refractivity contribution >= 4 is 11.3 Å². The van der Waals surface area contributed by atoms with Crippen molar-refractivity contribution in [3.05, 3.63) is 9.75 Å². The molecule has 0 spiro atoms. The van der Waals surface area contributed by atoms with Gasteiger partial charge in [-0.25, -0.2) is 0 Å². The van der Waals surface area contributed by atoms with Crippen LogP contribution in [-0.4, -0.2) is 10.2 Å². The predicted molar refractivity (Wildman–Crippen MR) is 37.1 cm³/mol. The minimum atomic E-state index is 0. The van der Waals surface area contributed by atoms with Crippen molar-refractivity contribution in [2.45, 2.75) is 13.8 Å². The molecule has 0 fully saturated rings. The van der Waals surface area contributed by atoms with Gasteiger partial charge in [-0.3, -0.25) is 0 Å². The van der Waals surface area contributed by atoms with Crippen molar-refractivity contribution in [1.82, 2.24) is 0 Å². The third-order valence-corrected chi connectivity index (χ3v) is 2.20. The molecule has 1 aromatic heterocycles. The summed E-state index contributed by atoms with van der Waals surface area (Å²) in [5.74, 6) is 0.0509. The molecule has 0 aliphatic carbocycles. The van der Waals surface area contributed by atoms with Gasteiger partial charge >= 0.3 is 0 Å². The largest absolute Gasteiger partial charge is 0.503 e. The third-order valence-electron chi connectivity index (χ3n) is 1.20. The maximum atomic E-state index is 8.99. The molecule has 10 heavy (non-hydrogen) atoms. The van der Waals surface area contributed by atoms with E-state index in [1.165, 1.54) is 11.3 Å². The molecule has 0 aliphatic heterocycles. The van der Waals surface area contributed by atoms with Crippen LogP contribution in [0.5, 0.6) is 11.5 Å². The molecule has 0 bridgehead atoms. The van der Waals surface area contributed by atoms with Gasteiger partial charge in [0.25, 0.3) is 0 Å². The molecule has 1 aromatic rings. The average Bonchev–Trinajstić information content (AvgIpc) is 1.98. The smallest absolute Gasteiger partial charge is 0.171 e. The van der Waals surface area contributed by atoms with Crippen molar-refractivity contribution in [1.29, 1.82) is 0 Å². The van der Waals surface area contributed by atoms with Gasteiger partial charge in [0.2, 0.25) is 0 Å². The van der Waals surface area contributed by atoms with E-state index in [1.807, 2.05) is 0 Å². The molecular formula is C6H8O2SY. The average molecular weight is 233 g/mol. The molecule has 2 N–H and O–H groups in total. The fourth-order valence-corrected chi connectivity index (χ4v) is 1.51. The van der Waals surface area contributed by atoms with E-state index in [9.17, 15) is 0 Å².